The fourth-order valence-electron chi connectivity index (χ4n) is 3.49. The molecule has 110 valence electrons. The van der Waals surface area contributed by atoms with E-state index in [0.717, 1.165) is 39.0 Å². The molecular weight excluding hydrogens is 238 g/mol. The maximum absolute atomic E-state index is 11.9. The van der Waals surface area contributed by atoms with Crippen LogP contribution in [0.2, 0.25) is 0 Å². The Kier molecular flexibility index (Phi) is 5.64. The number of hydrogen-bond acceptors (Lipinski definition) is 3. The lowest BCUT2D eigenvalue weighted by Crippen LogP contribution is -2.52. The van der Waals surface area contributed by atoms with E-state index >= 15 is 0 Å². The standard InChI is InChI=1S/C15H29N3O/c1-2-3-9-17-14(19)11-18-10-5-7-15(13-18)6-4-8-16-12-15/h16H,2-13H2,1H3,(H,17,19). The molecular formula is C15H29N3O. The van der Waals surface area contributed by atoms with Crippen LogP contribution in [0.4, 0.5) is 0 Å². The number of nitrogens with one attached hydrogen (secondary N) is 2. The van der Waals surface area contributed by atoms with Crippen LogP contribution >= 0.6 is 0 Å². The van der Waals surface area contributed by atoms with Gasteiger partial charge >= 0.3 is 0 Å². The number of carbonyl (C=O) groups excluding carboxylic acids is 1. The van der Waals surface area contributed by atoms with Crippen LogP contribution in [0.15, 0.2) is 0 Å². The van der Waals surface area contributed by atoms with Crippen LogP contribution in [-0.2, 0) is 4.79 Å². The molecule has 4 heteroatoms. The van der Waals surface area contributed by atoms with Gasteiger partial charge in [0.05, 0.1) is 6.54 Å². The molecule has 0 aliphatic carbocycles. The minimum absolute atomic E-state index is 0.203. The van der Waals surface area contributed by atoms with Crippen LogP contribution in [0.25, 0.3) is 0 Å². The van der Waals surface area contributed by atoms with Crippen LogP contribution in [0.5, 0.6) is 0 Å². The Balaban J connectivity index is 1.75. The van der Waals surface area contributed by atoms with Gasteiger partial charge in [0.1, 0.15) is 0 Å². The topological polar surface area (TPSA) is 44.4 Å². The molecule has 0 aromatic carbocycles. The Labute approximate surface area is 117 Å². The van der Waals surface area contributed by atoms with Gasteiger partial charge in [-0.1, -0.05) is 13.3 Å². The number of nitrogens with zero attached hydrogens (tertiary/aromatic N) is 1. The minimum Gasteiger partial charge on any atom is -0.355 e. The van der Waals surface area contributed by atoms with Crippen molar-refractivity contribution in [3.63, 3.8) is 0 Å². The van der Waals surface area contributed by atoms with Crippen molar-refractivity contribution in [2.45, 2.75) is 45.4 Å². The third-order valence-electron chi connectivity index (χ3n) is 4.52. The Bertz CT molecular complexity index is 282. The second-order valence-corrected chi connectivity index (χ2v) is 6.30. The monoisotopic (exact) mass is 267 g/mol. The van der Waals surface area contributed by atoms with Crippen molar-refractivity contribution in [1.29, 1.82) is 0 Å². The second kappa shape index (κ2) is 7.25. The Morgan fingerprint density at radius 3 is 2.95 bits per heavy atom. The molecule has 0 aromatic rings. The molecule has 0 radical (unpaired) electrons. The number of hydrogen-bond donors (Lipinski definition) is 2. The summed E-state index contributed by atoms with van der Waals surface area (Å²) in [4.78, 5) is 14.2. The molecule has 0 saturated carbocycles. The summed E-state index contributed by atoms with van der Waals surface area (Å²) < 4.78 is 0. The van der Waals surface area contributed by atoms with Gasteiger partial charge in [-0.2, -0.15) is 0 Å². The van der Waals surface area contributed by atoms with E-state index in [1.165, 1.54) is 32.2 Å². The third kappa shape index (κ3) is 4.46. The zero-order chi connectivity index (χ0) is 13.6. The SMILES string of the molecule is CCCCNC(=O)CN1CCCC2(CCCNC2)C1. The van der Waals surface area contributed by atoms with Gasteiger partial charge in [0, 0.05) is 19.6 Å². The van der Waals surface area contributed by atoms with Crippen LogP contribution in [0.3, 0.4) is 0 Å². The summed E-state index contributed by atoms with van der Waals surface area (Å²) in [5, 5.41) is 6.56. The van der Waals surface area contributed by atoms with E-state index in [-0.39, 0.29) is 5.91 Å². The van der Waals surface area contributed by atoms with E-state index in [1.54, 1.807) is 0 Å². The number of carbonyl (C=O) groups is 1. The smallest absolute Gasteiger partial charge is 0.234 e. The summed E-state index contributed by atoms with van der Waals surface area (Å²) in [6.07, 6.45) is 7.40. The number of unbranched alkanes of at least 4 members (excludes halogenated alkanes) is 1. The first kappa shape index (κ1) is 14.8. The Morgan fingerprint density at radius 1 is 1.37 bits per heavy atom. The summed E-state index contributed by atoms with van der Waals surface area (Å²) >= 11 is 0. The van der Waals surface area contributed by atoms with Crippen LogP contribution < -0.4 is 10.6 Å². The average Bonchev–Trinajstić information content (AvgIpc) is 2.40. The summed E-state index contributed by atoms with van der Waals surface area (Å²) in [5.41, 5.74) is 0.445. The predicted molar refractivity (Wildman–Crippen MR) is 78.1 cm³/mol. The summed E-state index contributed by atoms with van der Waals surface area (Å²) in [5.74, 6) is 0.203. The molecule has 2 fully saturated rings. The Hall–Kier alpha value is -0.610. The highest BCUT2D eigenvalue weighted by Crippen LogP contribution is 2.35. The molecule has 1 amide bonds. The van der Waals surface area contributed by atoms with Crippen molar-refractivity contribution in [3.8, 4) is 0 Å². The fraction of sp³-hybridized carbons (Fsp3) is 0.933. The number of amides is 1. The van der Waals surface area contributed by atoms with E-state index in [4.69, 9.17) is 0 Å². The second-order valence-electron chi connectivity index (χ2n) is 6.30. The summed E-state index contributed by atoms with van der Waals surface area (Å²) in [7, 11) is 0. The average molecular weight is 267 g/mol. The largest absolute Gasteiger partial charge is 0.355 e. The van der Waals surface area contributed by atoms with E-state index in [9.17, 15) is 4.79 Å². The first-order chi connectivity index (χ1) is 9.24. The van der Waals surface area contributed by atoms with Gasteiger partial charge in [0.2, 0.25) is 5.91 Å². The fourth-order valence-corrected chi connectivity index (χ4v) is 3.49. The molecule has 2 aliphatic heterocycles. The van der Waals surface area contributed by atoms with Crippen LogP contribution in [-0.4, -0.2) is 50.1 Å². The molecule has 2 aliphatic rings. The molecule has 1 unspecified atom stereocenters. The van der Waals surface area contributed by atoms with Gasteiger partial charge in [0.15, 0.2) is 0 Å². The van der Waals surface area contributed by atoms with Crippen molar-refractivity contribution in [2.24, 2.45) is 5.41 Å². The highest BCUT2D eigenvalue weighted by molar-refractivity contribution is 5.77. The zero-order valence-electron chi connectivity index (χ0n) is 12.3. The highest BCUT2D eigenvalue weighted by atomic mass is 16.2. The molecule has 19 heavy (non-hydrogen) atoms. The van der Waals surface area contributed by atoms with E-state index in [2.05, 4.69) is 22.5 Å². The van der Waals surface area contributed by atoms with Crippen LogP contribution in [0, 0.1) is 5.41 Å². The van der Waals surface area contributed by atoms with Gasteiger partial charge in [-0.3, -0.25) is 9.69 Å². The van der Waals surface area contributed by atoms with Crippen molar-refractivity contribution in [2.75, 3.05) is 39.3 Å². The molecule has 1 spiro atoms. The normalized spacial score (nSPS) is 28.5. The van der Waals surface area contributed by atoms with Gasteiger partial charge in [0.25, 0.3) is 0 Å². The van der Waals surface area contributed by atoms with Gasteiger partial charge < -0.3 is 10.6 Å². The minimum atomic E-state index is 0.203. The molecule has 0 bridgehead atoms. The maximum Gasteiger partial charge on any atom is 0.234 e. The van der Waals surface area contributed by atoms with Crippen LogP contribution in [0.1, 0.15) is 45.4 Å². The molecule has 0 aromatic heterocycles. The molecule has 2 saturated heterocycles. The molecule has 4 nitrogen and oxygen atoms in total. The van der Waals surface area contributed by atoms with E-state index in [1.807, 2.05) is 0 Å². The van der Waals surface area contributed by atoms with Crippen molar-refractivity contribution in [3.05, 3.63) is 0 Å². The highest BCUT2D eigenvalue weighted by Gasteiger charge is 2.36. The molecule has 2 heterocycles. The summed E-state index contributed by atoms with van der Waals surface area (Å²) in [6, 6.07) is 0. The quantitative estimate of drug-likeness (QED) is 0.740. The lowest BCUT2D eigenvalue weighted by atomic mass is 9.74. The van der Waals surface area contributed by atoms with Gasteiger partial charge in [-0.25, -0.2) is 0 Å². The zero-order valence-corrected chi connectivity index (χ0v) is 12.3. The van der Waals surface area contributed by atoms with Crippen molar-refractivity contribution < 1.29 is 4.79 Å². The van der Waals surface area contributed by atoms with E-state index < -0.39 is 0 Å². The van der Waals surface area contributed by atoms with E-state index in [0.29, 0.717) is 12.0 Å². The molecule has 2 N–H and O–H groups in total. The summed E-state index contributed by atoms with van der Waals surface area (Å²) in [6.45, 7) is 8.06. The third-order valence-corrected chi connectivity index (χ3v) is 4.52. The Morgan fingerprint density at radius 2 is 2.21 bits per heavy atom. The predicted octanol–water partition coefficient (Wildman–Crippen LogP) is 1.37. The van der Waals surface area contributed by atoms with Gasteiger partial charge in [-0.15, -0.1) is 0 Å². The maximum atomic E-state index is 11.9. The number of piperidine rings is 2. The van der Waals surface area contributed by atoms with Crippen molar-refractivity contribution >= 4 is 5.91 Å². The molecule has 1 atom stereocenters. The first-order valence-electron chi connectivity index (χ1n) is 7.94. The number of rotatable bonds is 5. The molecule has 2 rings (SSSR count). The van der Waals surface area contributed by atoms with Crippen molar-refractivity contribution in [1.82, 2.24) is 15.5 Å². The first-order valence-corrected chi connectivity index (χ1v) is 7.94. The lowest BCUT2D eigenvalue weighted by molar-refractivity contribution is -0.123. The number of likely N-dealkylation sites (tertiary alicyclic amines) is 1. The lowest BCUT2D eigenvalue weighted by Gasteiger charge is -2.45. The van der Waals surface area contributed by atoms with Gasteiger partial charge in [-0.05, 0) is 50.6 Å².